The zero-order chi connectivity index (χ0) is 8.18. The van der Waals surface area contributed by atoms with Gasteiger partial charge in [0.25, 0.3) is 0 Å². The second-order valence-electron chi connectivity index (χ2n) is 5.21. The van der Waals surface area contributed by atoms with E-state index >= 15 is 0 Å². The fourth-order valence-corrected chi connectivity index (χ4v) is 3.61. The van der Waals surface area contributed by atoms with E-state index in [-0.39, 0.29) is 5.60 Å². The van der Waals surface area contributed by atoms with Gasteiger partial charge >= 0.3 is 0 Å². The summed E-state index contributed by atoms with van der Waals surface area (Å²) in [6.07, 6.45) is 6.75. The van der Waals surface area contributed by atoms with Crippen molar-refractivity contribution in [2.75, 3.05) is 0 Å². The molecule has 0 aromatic heterocycles. The highest BCUT2D eigenvalue weighted by molar-refractivity contribution is 4.96. The first-order chi connectivity index (χ1) is 5.73. The van der Waals surface area contributed by atoms with Crippen LogP contribution >= 0.6 is 0 Å². The van der Waals surface area contributed by atoms with Gasteiger partial charge < -0.3 is 0 Å². The van der Waals surface area contributed by atoms with E-state index in [0.29, 0.717) is 6.04 Å². The summed E-state index contributed by atoms with van der Waals surface area (Å²) < 4.78 is 0. The largest absolute Gasteiger partial charge is 0.295 e. The van der Waals surface area contributed by atoms with Gasteiger partial charge in [-0.25, -0.2) is 0 Å². The standard InChI is InChI=1S/C10H17NO/c1-10-5-7-2-8(6-10)4-9(3-7)11-12-10/h7-9,11H,2-6H2,1H3/t7-,8+,9?,10?. The van der Waals surface area contributed by atoms with E-state index in [9.17, 15) is 0 Å². The van der Waals surface area contributed by atoms with Gasteiger partial charge in [-0.3, -0.25) is 4.84 Å². The molecule has 2 heterocycles. The van der Waals surface area contributed by atoms with Gasteiger partial charge in [0.1, 0.15) is 0 Å². The number of rotatable bonds is 0. The van der Waals surface area contributed by atoms with Crippen LogP contribution in [0.15, 0.2) is 0 Å². The van der Waals surface area contributed by atoms with E-state index in [4.69, 9.17) is 4.84 Å². The Morgan fingerprint density at radius 1 is 1.17 bits per heavy atom. The van der Waals surface area contributed by atoms with Crippen molar-refractivity contribution in [3.8, 4) is 0 Å². The smallest absolute Gasteiger partial charge is 0.0874 e. The van der Waals surface area contributed by atoms with Gasteiger partial charge in [0.2, 0.25) is 0 Å². The van der Waals surface area contributed by atoms with Crippen molar-refractivity contribution >= 4 is 0 Å². The minimum atomic E-state index is 0.166. The lowest BCUT2D eigenvalue weighted by molar-refractivity contribution is -0.108. The normalized spacial score (nSPS) is 57.2. The highest BCUT2D eigenvalue weighted by Crippen LogP contribution is 2.47. The molecule has 2 aliphatic heterocycles. The van der Waals surface area contributed by atoms with E-state index in [2.05, 4.69) is 12.4 Å². The molecule has 2 unspecified atom stereocenters. The first-order valence-corrected chi connectivity index (χ1v) is 5.17. The summed E-state index contributed by atoms with van der Waals surface area (Å²) in [6.45, 7) is 2.27. The first kappa shape index (κ1) is 7.34. The molecule has 0 aromatic rings. The molecule has 2 saturated heterocycles. The summed E-state index contributed by atoms with van der Waals surface area (Å²) in [5.41, 5.74) is 3.41. The van der Waals surface area contributed by atoms with Crippen molar-refractivity contribution < 1.29 is 4.84 Å². The monoisotopic (exact) mass is 167 g/mol. The molecule has 4 rings (SSSR count). The van der Waals surface area contributed by atoms with Crippen molar-refractivity contribution in [3.05, 3.63) is 0 Å². The number of hydrogen-bond acceptors (Lipinski definition) is 2. The Morgan fingerprint density at radius 2 is 1.83 bits per heavy atom. The molecule has 12 heavy (non-hydrogen) atoms. The second kappa shape index (κ2) is 2.24. The molecule has 4 aliphatic rings. The van der Waals surface area contributed by atoms with Crippen LogP contribution in [0, 0.1) is 11.8 Å². The average Bonchev–Trinajstić information content (AvgIpc) is 2.14. The van der Waals surface area contributed by atoms with E-state index in [1.54, 1.807) is 0 Å². The lowest BCUT2D eigenvalue weighted by Crippen LogP contribution is -2.38. The van der Waals surface area contributed by atoms with Crippen LogP contribution in [0.1, 0.15) is 39.0 Å². The molecule has 4 bridgehead atoms. The molecule has 2 nitrogen and oxygen atoms in total. The SMILES string of the molecule is CC12C[C@@H]3CC(C[C@@H](C3)C1)NO2. The van der Waals surface area contributed by atoms with Gasteiger partial charge in [0.05, 0.1) is 5.60 Å². The Labute approximate surface area is 73.6 Å². The third-order valence-corrected chi connectivity index (χ3v) is 3.82. The molecule has 0 aromatic carbocycles. The van der Waals surface area contributed by atoms with Gasteiger partial charge in [-0.05, 0) is 50.9 Å². The molecular formula is C10H17NO. The summed E-state index contributed by atoms with van der Waals surface area (Å²) in [7, 11) is 0. The molecule has 0 radical (unpaired) electrons. The van der Waals surface area contributed by atoms with E-state index in [1.807, 2.05) is 0 Å². The molecule has 4 atom stereocenters. The molecule has 68 valence electrons. The van der Waals surface area contributed by atoms with Gasteiger partial charge in [-0.15, -0.1) is 0 Å². The Bertz CT molecular complexity index is 190. The average molecular weight is 167 g/mol. The van der Waals surface area contributed by atoms with E-state index < -0.39 is 0 Å². The van der Waals surface area contributed by atoms with Gasteiger partial charge in [0, 0.05) is 6.04 Å². The molecular weight excluding hydrogens is 150 g/mol. The van der Waals surface area contributed by atoms with Crippen molar-refractivity contribution in [2.24, 2.45) is 11.8 Å². The van der Waals surface area contributed by atoms with Crippen LogP contribution in [-0.4, -0.2) is 11.6 Å². The maximum atomic E-state index is 5.77. The molecule has 4 fully saturated rings. The fourth-order valence-electron chi connectivity index (χ4n) is 3.61. The van der Waals surface area contributed by atoms with Gasteiger partial charge in [0.15, 0.2) is 0 Å². The zero-order valence-corrected chi connectivity index (χ0v) is 7.68. The van der Waals surface area contributed by atoms with Crippen LogP contribution in [0.25, 0.3) is 0 Å². The Balaban J connectivity index is 1.94. The van der Waals surface area contributed by atoms with Crippen molar-refractivity contribution in [3.63, 3.8) is 0 Å². The molecule has 0 spiro atoms. The maximum absolute atomic E-state index is 5.77. The van der Waals surface area contributed by atoms with Crippen molar-refractivity contribution in [1.82, 2.24) is 5.48 Å². The number of nitrogens with one attached hydrogen (secondary N) is 1. The molecule has 0 amide bonds. The van der Waals surface area contributed by atoms with Crippen molar-refractivity contribution in [2.45, 2.75) is 50.7 Å². The number of hydroxylamine groups is 1. The van der Waals surface area contributed by atoms with Crippen LogP contribution in [0.3, 0.4) is 0 Å². The van der Waals surface area contributed by atoms with Crippen LogP contribution < -0.4 is 5.48 Å². The highest BCUT2D eigenvalue weighted by atomic mass is 16.7. The van der Waals surface area contributed by atoms with Crippen LogP contribution in [0.4, 0.5) is 0 Å². The van der Waals surface area contributed by atoms with Crippen LogP contribution in [-0.2, 0) is 4.84 Å². The van der Waals surface area contributed by atoms with E-state index in [0.717, 1.165) is 11.8 Å². The van der Waals surface area contributed by atoms with E-state index in [1.165, 1.54) is 32.1 Å². The summed E-state index contributed by atoms with van der Waals surface area (Å²) in [5.74, 6) is 1.89. The minimum absolute atomic E-state index is 0.166. The molecule has 1 N–H and O–H groups in total. The Kier molecular flexibility index (Phi) is 1.37. The number of hydrogen-bond donors (Lipinski definition) is 1. The third-order valence-electron chi connectivity index (χ3n) is 3.82. The number of fused-ring (bicyclic) bond motifs is 1. The zero-order valence-electron chi connectivity index (χ0n) is 7.68. The minimum Gasteiger partial charge on any atom is -0.295 e. The summed E-state index contributed by atoms with van der Waals surface area (Å²) in [4.78, 5) is 5.77. The topological polar surface area (TPSA) is 21.3 Å². The first-order valence-electron chi connectivity index (χ1n) is 5.17. The fraction of sp³-hybridized carbons (Fsp3) is 1.00. The maximum Gasteiger partial charge on any atom is 0.0874 e. The molecule has 2 saturated carbocycles. The lowest BCUT2D eigenvalue weighted by atomic mass is 9.66. The van der Waals surface area contributed by atoms with Crippen LogP contribution in [0.2, 0.25) is 0 Å². The highest BCUT2D eigenvalue weighted by Gasteiger charge is 2.46. The van der Waals surface area contributed by atoms with Crippen LogP contribution in [0.5, 0.6) is 0 Å². The molecule has 2 heteroatoms. The Morgan fingerprint density at radius 3 is 2.50 bits per heavy atom. The third kappa shape index (κ3) is 1.01. The Hall–Kier alpha value is -0.0800. The van der Waals surface area contributed by atoms with Gasteiger partial charge in [-0.1, -0.05) is 0 Å². The predicted molar refractivity (Wildman–Crippen MR) is 46.5 cm³/mol. The summed E-state index contributed by atoms with van der Waals surface area (Å²) in [5, 5.41) is 0. The molecule has 2 aliphatic carbocycles. The van der Waals surface area contributed by atoms with Crippen molar-refractivity contribution in [1.29, 1.82) is 0 Å². The summed E-state index contributed by atoms with van der Waals surface area (Å²) in [6, 6.07) is 0.665. The van der Waals surface area contributed by atoms with Gasteiger partial charge in [-0.2, -0.15) is 5.48 Å². The summed E-state index contributed by atoms with van der Waals surface area (Å²) >= 11 is 0. The quantitative estimate of drug-likeness (QED) is 0.594. The second-order valence-corrected chi connectivity index (χ2v) is 5.21. The predicted octanol–water partition coefficient (Wildman–Crippen LogP) is 1.86. The lowest BCUT2D eigenvalue weighted by Gasteiger charge is -2.41.